The van der Waals surface area contributed by atoms with Gasteiger partial charge in [-0.3, -0.25) is 0 Å². The molecule has 1 aliphatic heterocycles. The number of nitrogens with one attached hydrogen (secondary N) is 1. The molecule has 4 heteroatoms. The number of ether oxygens (including phenoxy) is 3. The largest absolute Gasteiger partial charge is 0.493 e. The molecular weight excluding hydrogens is 266 g/mol. The molecule has 1 N–H and O–H groups in total. The van der Waals surface area contributed by atoms with Gasteiger partial charge in [0.1, 0.15) is 0 Å². The van der Waals surface area contributed by atoms with Crippen LogP contribution in [0.25, 0.3) is 0 Å². The first-order chi connectivity index (χ1) is 10.1. The molecule has 3 rings (SSSR count). The first-order valence-electron chi connectivity index (χ1n) is 7.77. The number of methoxy groups -OCH3 is 1. The molecule has 0 amide bonds. The highest BCUT2D eigenvalue weighted by atomic mass is 16.5. The third-order valence-corrected chi connectivity index (χ3v) is 4.89. The summed E-state index contributed by atoms with van der Waals surface area (Å²) in [6.45, 7) is 8.07. The fourth-order valence-electron chi connectivity index (χ4n) is 3.83. The fourth-order valence-corrected chi connectivity index (χ4v) is 3.83. The van der Waals surface area contributed by atoms with Crippen molar-refractivity contribution >= 4 is 5.69 Å². The van der Waals surface area contributed by atoms with Crippen LogP contribution < -0.4 is 14.8 Å². The molecule has 1 heterocycles. The Kier molecular flexibility index (Phi) is 3.74. The van der Waals surface area contributed by atoms with Gasteiger partial charge in [0.15, 0.2) is 11.5 Å². The van der Waals surface area contributed by atoms with Crippen LogP contribution in [0.5, 0.6) is 11.5 Å². The molecule has 0 aromatic heterocycles. The number of rotatable bonds is 5. The summed E-state index contributed by atoms with van der Waals surface area (Å²) in [6.07, 6.45) is 1.56. The van der Waals surface area contributed by atoms with Crippen LogP contribution in [0.1, 0.15) is 27.2 Å². The molecule has 2 aliphatic rings. The SMILES string of the molecule is CCOc1cc(NC2C3CCOC3C2(C)C)ccc1OC. The number of benzene rings is 1. The predicted molar refractivity (Wildman–Crippen MR) is 83.2 cm³/mol. The smallest absolute Gasteiger partial charge is 0.163 e. The van der Waals surface area contributed by atoms with E-state index in [-0.39, 0.29) is 5.41 Å². The second-order valence-electron chi connectivity index (χ2n) is 6.49. The number of hydrogen-bond donors (Lipinski definition) is 1. The quantitative estimate of drug-likeness (QED) is 0.903. The summed E-state index contributed by atoms with van der Waals surface area (Å²) in [4.78, 5) is 0. The zero-order valence-corrected chi connectivity index (χ0v) is 13.3. The van der Waals surface area contributed by atoms with Crippen molar-refractivity contribution in [1.82, 2.24) is 0 Å². The third kappa shape index (κ3) is 2.35. The molecule has 1 saturated carbocycles. The van der Waals surface area contributed by atoms with Crippen LogP contribution in [0.15, 0.2) is 18.2 Å². The molecule has 21 heavy (non-hydrogen) atoms. The lowest BCUT2D eigenvalue weighted by Gasteiger charge is -2.55. The van der Waals surface area contributed by atoms with Gasteiger partial charge >= 0.3 is 0 Å². The van der Waals surface area contributed by atoms with Crippen LogP contribution in [-0.2, 0) is 4.74 Å². The van der Waals surface area contributed by atoms with E-state index in [9.17, 15) is 0 Å². The van der Waals surface area contributed by atoms with Crippen molar-refractivity contribution in [3.63, 3.8) is 0 Å². The summed E-state index contributed by atoms with van der Waals surface area (Å²) < 4.78 is 16.8. The number of fused-ring (bicyclic) bond motifs is 1. The monoisotopic (exact) mass is 291 g/mol. The second kappa shape index (κ2) is 5.41. The van der Waals surface area contributed by atoms with Crippen molar-refractivity contribution in [1.29, 1.82) is 0 Å². The molecule has 1 aliphatic carbocycles. The minimum absolute atomic E-state index is 0.173. The summed E-state index contributed by atoms with van der Waals surface area (Å²) in [6, 6.07) is 6.50. The Labute approximate surface area is 126 Å². The summed E-state index contributed by atoms with van der Waals surface area (Å²) in [5, 5.41) is 3.67. The lowest BCUT2D eigenvalue weighted by molar-refractivity contribution is -0.0923. The molecule has 1 aromatic carbocycles. The summed E-state index contributed by atoms with van der Waals surface area (Å²) >= 11 is 0. The topological polar surface area (TPSA) is 39.7 Å². The van der Waals surface area contributed by atoms with Gasteiger partial charge in [0.2, 0.25) is 0 Å². The lowest BCUT2D eigenvalue weighted by atomic mass is 9.57. The van der Waals surface area contributed by atoms with E-state index in [1.165, 1.54) is 0 Å². The van der Waals surface area contributed by atoms with Gasteiger partial charge in [0, 0.05) is 35.7 Å². The summed E-state index contributed by atoms with van der Waals surface area (Å²) in [7, 11) is 1.67. The van der Waals surface area contributed by atoms with Gasteiger partial charge in [-0.05, 0) is 25.5 Å². The summed E-state index contributed by atoms with van der Waals surface area (Å²) in [5.41, 5.74) is 1.26. The predicted octanol–water partition coefficient (Wildman–Crippen LogP) is 3.32. The van der Waals surface area contributed by atoms with Gasteiger partial charge in [0.25, 0.3) is 0 Å². The second-order valence-corrected chi connectivity index (χ2v) is 6.49. The van der Waals surface area contributed by atoms with Crippen LogP contribution in [0.3, 0.4) is 0 Å². The van der Waals surface area contributed by atoms with Crippen LogP contribution in [0.2, 0.25) is 0 Å². The highest BCUT2D eigenvalue weighted by Crippen LogP contribution is 2.53. The minimum atomic E-state index is 0.173. The van der Waals surface area contributed by atoms with Crippen molar-refractivity contribution in [3.8, 4) is 11.5 Å². The molecule has 2 fully saturated rings. The number of hydrogen-bond acceptors (Lipinski definition) is 4. The Morgan fingerprint density at radius 3 is 2.86 bits per heavy atom. The molecule has 4 nitrogen and oxygen atoms in total. The molecular formula is C17H25NO3. The van der Waals surface area contributed by atoms with Crippen molar-refractivity contribution in [2.75, 3.05) is 25.6 Å². The standard InChI is InChI=1S/C17H25NO3/c1-5-20-14-10-11(6-7-13(14)19-4)18-15-12-8-9-21-16(12)17(15,2)3/h6-7,10,12,15-16,18H,5,8-9H2,1-4H3. The molecule has 1 aromatic rings. The van der Waals surface area contributed by atoms with Crippen LogP contribution in [0, 0.1) is 11.3 Å². The van der Waals surface area contributed by atoms with E-state index < -0.39 is 0 Å². The van der Waals surface area contributed by atoms with E-state index >= 15 is 0 Å². The number of anilines is 1. The molecule has 3 atom stereocenters. The van der Waals surface area contributed by atoms with E-state index in [0.29, 0.717) is 24.7 Å². The van der Waals surface area contributed by atoms with Gasteiger partial charge < -0.3 is 19.5 Å². The van der Waals surface area contributed by atoms with Crippen molar-refractivity contribution in [2.24, 2.45) is 11.3 Å². The van der Waals surface area contributed by atoms with Gasteiger partial charge in [-0.15, -0.1) is 0 Å². The average molecular weight is 291 g/mol. The van der Waals surface area contributed by atoms with Crippen LogP contribution in [0.4, 0.5) is 5.69 Å². The van der Waals surface area contributed by atoms with E-state index in [1.807, 2.05) is 19.1 Å². The Bertz CT molecular complexity index is 515. The Morgan fingerprint density at radius 2 is 2.14 bits per heavy atom. The van der Waals surface area contributed by atoms with Crippen LogP contribution >= 0.6 is 0 Å². The van der Waals surface area contributed by atoms with E-state index in [4.69, 9.17) is 14.2 Å². The average Bonchev–Trinajstić information content (AvgIpc) is 2.92. The first-order valence-corrected chi connectivity index (χ1v) is 7.77. The molecule has 116 valence electrons. The van der Waals surface area contributed by atoms with Crippen LogP contribution in [-0.4, -0.2) is 32.5 Å². The van der Waals surface area contributed by atoms with E-state index in [0.717, 1.165) is 30.2 Å². The molecule has 0 radical (unpaired) electrons. The van der Waals surface area contributed by atoms with Crippen molar-refractivity contribution < 1.29 is 14.2 Å². The Morgan fingerprint density at radius 1 is 1.33 bits per heavy atom. The van der Waals surface area contributed by atoms with Gasteiger partial charge in [-0.2, -0.15) is 0 Å². The maximum absolute atomic E-state index is 5.85. The maximum Gasteiger partial charge on any atom is 0.163 e. The molecule has 0 spiro atoms. The normalized spacial score (nSPS) is 29.4. The van der Waals surface area contributed by atoms with Crippen molar-refractivity contribution in [2.45, 2.75) is 39.3 Å². The first kappa shape index (κ1) is 14.5. The molecule has 0 bridgehead atoms. The highest BCUT2D eigenvalue weighted by molar-refractivity contribution is 5.56. The fraction of sp³-hybridized carbons (Fsp3) is 0.647. The van der Waals surface area contributed by atoms with Gasteiger partial charge in [-0.25, -0.2) is 0 Å². The zero-order chi connectivity index (χ0) is 15.0. The highest BCUT2D eigenvalue weighted by Gasteiger charge is 2.59. The Balaban J connectivity index is 1.77. The van der Waals surface area contributed by atoms with Gasteiger partial charge in [-0.1, -0.05) is 13.8 Å². The lowest BCUT2D eigenvalue weighted by Crippen LogP contribution is -2.63. The third-order valence-electron chi connectivity index (χ3n) is 4.89. The molecule has 1 saturated heterocycles. The van der Waals surface area contributed by atoms with Gasteiger partial charge in [0.05, 0.1) is 19.8 Å². The molecule has 3 unspecified atom stereocenters. The van der Waals surface area contributed by atoms with E-state index in [1.54, 1.807) is 7.11 Å². The Hall–Kier alpha value is -1.42. The zero-order valence-electron chi connectivity index (χ0n) is 13.3. The summed E-state index contributed by atoms with van der Waals surface area (Å²) in [5.74, 6) is 2.19. The maximum atomic E-state index is 5.85. The van der Waals surface area contributed by atoms with E-state index in [2.05, 4.69) is 25.2 Å². The minimum Gasteiger partial charge on any atom is -0.493 e. The van der Waals surface area contributed by atoms with Crippen molar-refractivity contribution in [3.05, 3.63) is 18.2 Å².